The summed E-state index contributed by atoms with van der Waals surface area (Å²) in [6, 6.07) is 0. The third-order valence-electron chi connectivity index (χ3n) is 2.42. The second-order valence-corrected chi connectivity index (χ2v) is 3.31. The Morgan fingerprint density at radius 3 is 2.92 bits per heavy atom. The van der Waals surface area contributed by atoms with E-state index in [4.69, 9.17) is 0 Å². The highest BCUT2D eigenvalue weighted by atomic mass is 14.0. The molecule has 0 aliphatic heterocycles. The van der Waals surface area contributed by atoms with Gasteiger partial charge in [0.15, 0.2) is 0 Å². The number of hydrogen-bond acceptors (Lipinski definition) is 0. The number of allylic oxidation sites excluding steroid dienone is 5. The molecule has 0 fully saturated rings. The minimum atomic E-state index is 1.15. The summed E-state index contributed by atoms with van der Waals surface area (Å²) in [6.45, 7) is 4.30. The van der Waals surface area contributed by atoms with Crippen LogP contribution < -0.4 is 0 Å². The van der Waals surface area contributed by atoms with E-state index < -0.39 is 0 Å². The van der Waals surface area contributed by atoms with Crippen molar-refractivity contribution in [2.45, 2.75) is 26.7 Å². The predicted molar refractivity (Wildman–Crippen MR) is 56.9 cm³/mol. The van der Waals surface area contributed by atoms with Crippen LogP contribution in [0.15, 0.2) is 40.6 Å². The standard InChI is InChI=1S/C11H15B/c1-9-7-5-3-4-6-8-11(12)10(9)2/h3-5H,6,8,12H2,1-2H3/b4-3-,11-10-. The van der Waals surface area contributed by atoms with Gasteiger partial charge in [0.05, 0.1) is 0 Å². The van der Waals surface area contributed by atoms with Gasteiger partial charge in [-0.05, 0) is 38.3 Å². The molecule has 0 spiro atoms. The van der Waals surface area contributed by atoms with E-state index in [1.165, 1.54) is 23.0 Å². The van der Waals surface area contributed by atoms with Gasteiger partial charge in [-0.2, -0.15) is 0 Å². The highest BCUT2D eigenvalue weighted by Crippen LogP contribution is 2.15. The lowest BCUT2D eigenvalue weighted by Gasteiger charge is -2.04. The van der Waals surface area contributed by atoms with Crippen molar-refractivity contribution in [2.75, 3.05) is 0 Å². The van der Waals surface area contributed by atoms with E-state index in [0.717, 1.165) is 6.42 Å². The molecule has 1 aliphatic rings. The zero-order chi connectivity index (χ0) is 8.97. The van der Waals surface area contributed by atoms with Gasteiger partial charge in [0.1, 0.15) is 7.85 Å². The van der Waals surface area contributed by atoms with Crippen LogP contribution in [0, 0.1) is 0 Å². The quantitative estimate of drug-likeness (QED) is 0.375. The Morgan fingerprint density at radius 2 is 2.17 bits per heavy atom. The van der Waals surface area contributed by atoms with E-state index in [2.05, 4.69) is 39.6 Å². The van der Waals surface area contributed by atoms with E-state index in [1.807, 2.05) is 6.08 Å². The lowest BCUT2D eigenvalue weighted by atomic mass is 9.85. The third-order valence-corrected chi connectivity index (χ3v) is 2.42. The van der Waals surface area contributed by atoms with E-state index in [0.29, 0.717) is 0 Å². The summed E-state index contributed by atoms with van der Waals surface area (Å²) < 4.78 is 0. The first-order chi connectivity index (χ1) is 5.72. The molecule has 1 heteroatoms. The molecular weight excluding hydrogens is 143 g/mol. The number of rotatable bonds is 0. The average molecular weight is 158 g/mol. The maximum absolute atomic E-state index is 3.25. The molecule has 0 saturated carbocycles. The van der Waals surface area contributed by atoms with Crippen molar-refractivity contribution in [3.63, 3.8) is 0 Å². The molecule has 1 aliphatic carbocycles. The molecule has 1 rings (SSSR count). The molecule has 0 aromatic heterocycles. The third kappa shape index (κ3) is 2.28. The summed E-state index contributed by atoms with van der Waals surface area (Å²) in [6.07, 6.45) is 8.60. The van der Waals surface area contributed by atoms with Crippen LogP contribution in [0.25, 0.3) is 0 Å². The lowest BCUT2D eigenvalue weighted by Crippen LogP contribution is -1.89. The van der Waals surface area contributed by atoms with Gasteiger partial charge in [-0.25, -0.2) is 0 Å². The summed E-state index contributed by atoms with van der Waals surface area (Å²) in [5, 5.41) is 0. The van der Waals surface area contributed by atoms with E-state index >= 15 is 0 Å². The second kappa shape index (κ2) is 4.18. The van der Waals surface area contributed by atoms with Crippen LogP contribution in [0.5, 0.6) is 0 Å². The molecule has 0 radical (unpaired) electrons. The van der Waals surface area contributed by atoms with Crippen LogP contribution in [0.3, 0.4) is 0 Å². The van der Waals surface area contributed by atoms with Crippen LogP contribution in [-0.4, -0.2) is 7.85 Å². The summed E-state index contributed by atoms with van der Waals surface area (Å²) in [7, 11) is 2.21. The Morgan fingerprint density at radius 1 is 1.42 bits per heavy atom. The predicted octanol–water partition coefficient (Wildman–Crippen LogP) is 2.34. The SMILES string of the molecule is B/C1=C(/C)C(C)=C=C/C=C\CC1. The van der Waals surface area contributed by atoms with E-state index in [-0.39, 0.29) is 0 Å². The molecule has 0 N–H and O–H groups in total. The molecule has 0 unspecified atom stereocenters. The van der Waals surface area contributed by atoms with E-state index in [1.54, 1.807) is 0 Å². The first-order valence-electron chi connectivity index (χ1n) is 4.47. The van der Waals surface area contributed by atoms with Crippen LogP contribution >= 0.6 is 0 Å². The molecule has 0 bridgehead atoms. The van der Waals surface area contributed by atoms with E-state index in [9.17, 15) is 0 Å². The molecule has 0 nitrogen and oxygen atoms in total. The van der Waals surface area contributed by atoms with Crippen LogP contribution in [0.4, 0.5) is 0 Å². The summed E-state index contributed by atoms with van der Waals surface area (Å²) in [5.74, 6) is 0. The van der Waals surface area contributed by atoms with Crippen molar-refractivity contribution in [3.05, 3.63) is 40.6 Å². The molecule has 0 heterocycles. The minimum Gasteiger partial charge on any atom is -0.117 e. The average Bonchev–Trinajstić information content (AvgIpc) is 2.12. The second-order valence-electron chi connectivity index (χ2n) is 3.31. The largest absolute Gasteiger partial charge is 0.134 e. The lowest BCUT2D eigenvalue weighted by molar-refractivity contribution is 1.02. The zero-order valence-electron chi connectivity index (χ0n) is 8.15. The fourth-order valence-electron chi connectivity index (χ4n) is 1.25. The van der Waals surface area contributed by atoms with Gasteiger partial charge in [0, 0.05) is 0 Å². The minimum absolute atomic E-state index is 1.15. The Bertz CT molecular complexity index is 286. The Labute approximate surface area is 75.8 Å². The highest BCUT2D eigenvalue weighted by Gasteiger charge is 1.98. The fraction of sp³-hybridized carbons (Fsp3) is 0.364. The Hall–Kier alpha value is -0.935. The normalized spacial score (nSPS) is 27.0. The number of hydrogen-bond donors (Lipinski definition) is 0. The van der Waals surface area contributed by atoms with Gasteiger partial charge in [0.25, 0.3) is 0 Å². The van der Waals surface area contributed by atoms with Gasteiger partial charge in [-0.1, -0.05) is 17.7 Å². The monoisotopic (exact) mass is 158 g/mol. The highest BCUT2D eigenvalue weighted by molar-refractivity contribution is 6.22. The molecule has 12 heavy (non-hydrogen) atoms. The van der Waals surface area contributed by atoms with Gasteiger partial charge in [-0.3, -0.25) is 0 Å². The molecule has 0 aromatic rings. The van der Waals surface area contributed by atoms with Crippen LogP contribution in [0.2, 0.25) is 0 Å². The maximum Gasteiger partial charge on any atom is 0.134 e. The van der Waals surface area contributed by atoms with Gasteiger partial charge in [0.2, 0.25) is 0 Å². The van der Waals surface area contributed by atoms with Crippen molar-refractivity contribution < 1.29 is 0 Å². The Balaban J connectivity index is 3.05. The molecule has 0 saturated heterocycles. The van der Waals surface area contributed by atoms with Crippen molar-refractivity contribution >= 4 is 7.85 Å². The van der Waals surface area contributed by atoms with Crippen molar-refractivity contribution in [2.24, 2.45) is 0 Å². The van der Waals surface area contributed by atoms with Crippen molar-refractivity contribution in [1.29, 1.82) is 0 Å². The molecule has 0 aromatic carbocycles. The van der Waals surface area contributed by atoms with Crippen LogP contribution in [0.1, 0.15) is 26.7 Å². The summed E-state index contributed by atoms with van der Waals surface area (Å²) in [5.41, 5.74) is 7.40. The van der Waals surface area contributed by atoms with Crippen molar-refractivity contribution in [1.82, 2.24) is 0 Å². The maximum atomic E-state index is 3.25. The molecule has 62 valence electrons. The summed E-state index contributed by atoms with van der Waals surface area (Å²) >= 11 is 0. The topological polar surface area (TPSA) is 0 Å². The molecule has 0 amide bonds. The first-order valence-corrected chi connectivity index (χ1v) is 4.47. The summed E-state index contributed by atoms with van der Waals surface area (Å²) in [4.78, 5) is 0. The first kappa shape index (κ1) is 9.16. The van der Waals surface area contributed by atoms with Crippen molar-refractivity contribution in [3.8, 4) is 0 Å². The van der Waals surface area contributed by atoms with Gasteiger partial charge in [-0.15, -0.1) is 11.2 Å². The zero-order valence-corrected chi connectivity index (χ0v) is 8.15. The Kier molecular flexibility index (Phi) is 3.19. The fourth-order valence-corrected chi connectivity index (χ4v) is 1.25. The van der Waals surface area contributed by atoms with Crippen LogP contribution in [-0.2, 0) is 0 Å². The van der Waals surface area contributed by atoms with Gasteiger partial charge < -0.3 is 0 Å². The smallest absolute Gasteiger partial charge is 0.117 e. The molecule has 0 atom stereocenters. The van der Waals surface area contributed by atoms with Gasteiger partial charge >= 0.3 is 0 Å². The molecular formula is C11H15B.